The molecule has 1 atom stereocenters. The van der Waals surface area contributed by atoms with Crippen LogP contribution in [0.2, 0.25) is 5.02 Å². The summed E-state index contributed by atoms with van der Waals surface area (Å²) in [6, 6.07) is 9.72. The maximum atomic E-state index is 12.6. The monoisotopic (exact) mass is 392 g/mol. The first kappa shape index (κ1) is 18.4. The highest BCUT2D eigenvalue weighted by Crippen LogP contribution is 2.23. The summed E-state index contributed by atoms with van der Waals surface area (Å²) in [7, 11) is -2.06. The van der Waals surface area contributed by atoms with Crippen LogP contribution >= 0.6 is 11.6 Å². The number of benzene rings is 1. The van der Waals surface area contributed by atoms with Gasteiger partial charge in [-0.05, 0) is 36.8 Å². The third-order valence-corrected chi connectivity index (χ3v) is 5.20. The standard InChI is InChI=1S/C17H17ClN4O3S/c1-10(12-4-6-16(20-9-12)26(19,24)25)21-17(23)15-7-11-3-5-13(18)8-14(11)22(15)2/h3-10H,1-2H3,(H,21,23)(H2,19,24,25). The average molecular weight is 393 g/mol. The second kappa shape index (κ2) is 6.71. The smallest absolute Gasteiger partial charge is 0.268 e. The van der Waals surface area contributed by atoms with Crippen molar-refractivity contribution in [1.29, 1.82) is 0 Å². The third kappa shape index (κ3) is 3.57. The Balaban J connectivity index is 1.82. The number of nitrogens with zero attached hydrogens (tertiary/aromatic N) is 2. The van der Waals surface area contributed by atoms with Gasteiger partial charge in [-0.1, -0.05) is 23.7 Å². The van der Waals surface area contributed by atoms with E-state index in [1.54, 1.807) is 42.8 Å². The van der Waals surface area contributed by atoms with Crippen LogP contribution in [0.25, 0.3) is 10.9 Å². The first-order valence-electron chi connectivity index (χ1n) is 7.71. The minimum Gasteiger partial charge on any atom is -0.344 e. The molecule has 0 aliphatic rings. The van der Waals surface area contributed by atoms with Crippen molar-refractivity contribution in [1.82, 2.24) is 14.9 Å². The van der Waals surface area contributed by atoms with E-state index in [-0.39, 0.29) is 17.0 Å². The predicted molar refractivity (Wildman–Crippen MR) is 99.4 cm³/mol. The summed E-state index contributed by atoms with van der Waals surface area (Å²) in [5.41, 5.74) is 2.00. The lowest BCUT2D eigenvalue weighted by atomic mass is 10.1. The van der Waals surface area contributed by atoms with Gasteiger partial charge in [-0.25, -0.2) is 18.5 Å². The third-order valence-electron chi connectivity index (χ3n) is 4.14. The number of nitrogens with one attached hydrogen (secondary N) is 1. The first-order valence-corrected chi connectivity index (χ1v) is 9.64. The molecule has 0 saturated heterocycles. The highest BCUT2D eigenvalue weighted by molar-refractivity contribution is 7.89. The molecule has 136 valence electrons. The van der Waals surface area contributed by atoms with Crippen molar-refractivity contribution < 1.29 is 13.2 Å². The number of aryl methyl sites for hydroxylation is 1. The van der Waals surface area contributed by atoms with Crippen molar-refractivity contribution in [3.63, 3.8) is 0 Å². The molecule has 9 heteroatoms. The van der Waals surface area contributed by atoms with Crippen LogP contribution in [0.1, 0.15) is 29.0 Å². The summed E-state index contributed by atoms with van der Waals surface area (Å²) in [5, 5.41) is 9.20. The van der Waals surface area contributed by atoms with Gasteiger partial charge >= 0.3 is 0 Å². The molecular formula is C17H17ClN4O3S. The van der Waals surface area contributed by atoms with Crippen LogP contribution in [0.3, 0.4) is 0 Å². The van der Waals surface area contributed by atoms with Gasteiger partial charge in [0.2, 0.25) is 0 Å². The number of hydrogen-bond donors (Lipinski definition) is 2. The van der Waals surface area contributed by atoms with Crippen molar-refractivity contribution in [3.05, 3.63) is 58.9 Å². The van der Waals surface area contributed by atoms with E-state index in [1.807, 2.05) is 6.07 Å². The Bertz CT molecular complexity index is 1090. The number of carbonyl (C=O) groups is 1. The molecule has 1 unspecified atom stereocenters. The maximum Gasteiger partial charge on any atom is 0.268 e. The number of primary sulfonamides is 1. The number of hydrogen-bond acceptors (Lipinski definition) is 4. The topological polar surface area (TPSA) is 107 Å². The first-order chi connectivity index (χ1) is 12.2. The van der Waals surface area contributed by atoms with E-state index in [0.29, 0.717) is 16.3 Å². The highest BCUT2D eigenvalue weighted by atomic mass is 35.5. The zero-order valence-electron chi connectivity index (χ0n) is 14.1. The second-order valence-electron chi connectivity index (χ2n) is 5.96. The van der Waals surface area contributed by atoms with Crippen molar-refractivity contribution in [2.45, 2.75) is 18.0 Å². The van der Waals surface area contributed by atoms with Crippen LogP contribution in [0.15, 0.2) is 47.6 Å². The molecule has 0 fully saturated rings. The number of halogens is 1. The molecule has 3 aromatic rings. The number of carbonyl (C=O) groups excluding carboxylic acids is 1. The number of amides is 1. The highest BCUT2D eigenvalue weighted by Gasteiger charge is 2.17. The Morgan fingerprint density at radius 3 is 2.62 bits per heavy atom. The van der Waals surface area contributed by atoms with Crippen LogP contribution in [0.5, 0.6) is 0 Å². The molecule has 3 N–H and O–H groups in total. The minimum absolute atomic E-state index is 0.217. The largest absolute Gasteiger partial charge is 0.344 e. The molecule has 0 aliphatic heterocycles. The normalized spacial score (nSPS) is 12.9. The molecular weight excluding hydrogens is 376 g/mol. The Morgan fingerprint density at radius 1 is 1.27 bits per heavy atom. The molecule has 1 aromatic carbocycles. The summed E-state index contributed by atoms with van der Waals surface area (Å²) in [6.07, 6.45) is 1.38. The molecule has 0 spiro atoms. The summed E-state index contributed by atoms with van der Waals surface area (Å²) < 4.78 is 24.3. The molecule has 7 nitrogen and oxygen atoms in total. The summed E-state index contributed by atoms with van der Waals surface area (Å²) >= 11 is 6.02. The second-order valence-corrected chi connectivity index (χ2v) is 7.91. The molecule has 26 heavy (non-hydrogen) atoms. The van der Waals surface area contributed by atoms with Gasteiger partial charge in [-0.2, -0.15) is 0 Å². The van der Waals surface area contributed by atoms with Crippen molar-refractivity contribution in [2.24, 2.45) is 12.2 Å². The fraction of sp³-hybridized carbons (Fsp3) is 0.176. The van der Waals surface area contributed by atoms with Crippen LogP contribution in [0.4, 0.5) is 0 Å². The van der Waals surface area contributed by atoms with Crippen LogP contribution < -0.4 is 10.5 Å². The maximum absolute atomic E-state index is 12.6. The number of rotatable bonds is 4. The van der Waals surface area contributed by atoms with Gasteiger partial charge in [-0.15, -0.1) is 0 Å². The van der Waals surface area contributed by atoms with Crippen molar-refractivity contribution in [2.75, 3.05) is 0 Å². The number of pyridine rings is 1. The Hall–Kier alpha value is -2.42. The summed E-state index contributed by atoms with van der Waals surface area (Å²) in [4.78, 5) is 16.5. The Kier molecular flexibility index (Phi) is 4.74. The van der Waals surface area contributed by atoms with E-state index in [4.69, 9.17) is 16.7 Å². The lowest BCUT2D eigenvalue weighted by molar-refractivity contribution is 0.0932. The molecule has 0 radical (unpaired) electrons. The summed E-state index contributed by atoms with van der Waals surface area (Å²) in [5.74, 6) is -0.261. The lowest BCUT2D eigenvalue weighted by Gasteiger charge is -2.14. The van der Waals surface area contributed by atoms with Gasteiger partial charge < -0.3 is 9.88 Å². The van der Waals surface area contributed by atoms with E-state index in [1.165, 1.54) is 12.3 Å². The zero-order chi connectivity index (χ0) is 19.1. The molecule has 1 amide bonds. The van der Waals surface area contributed by atoms with Gasteiger partial charge in [0.1, 0.15) is 5.69 Å². The predicted octanol–water partition coefficient (Wildman–Crippen LogP) is 2.37. The quantitative estimate of drug-likeness (QED) is 0.710. The van der Waals surface area contributed by atoms with Crippen molar-refractivity contribution >= 4 is 38.4 Å². The minimum atomic E-state index is -3.85. The van der Waals surface area contributed by atoms with Gasteiger partial charge in [-0.3, -0.25) is 4.79 Å². The van der Waals surface area contributed by atoms with E-state index in [9.17, 15) is 13.2 Å². The molecule has 3 rings (SSSR count). The average Bonchev–Trinajstić information content (AvgIpc) is 2.91. The number of sulfonamides is 1. The van der Waals surface area contributed by atoms with Crippen LogP contribution in [-0.4, -0.2) is 23.9 Å². The van der Waals surface area contributed by atoms with E-state index in [0.717, 1.165) is 10.9 Å². The van der Waals surface area contributed by atoms with Gasteiger partial charge in [0, 0.05) is 29.2 Å². The summed E-state index contributed by atoms with van der Waals surface area (Å²) in [6.45, 7) is 1.78. The van der Waals surface area contributed by atoms with Gasteiger partial charge in [0.05, 0.1) is 6.04 Å². The van der Waals surface area contributed by atoms with Gasteiger partial charge in [0.15, 0.2) is 5.03 Å². The number of fused-ring (bicyclic) bond motifs is 1. The van der Waals surface area contributed by atoms with Crippen LogP contribution in [-0.2, 0) is 17.1 Å². The number of aromatic nitrogens is 2. The molecule has 2 aromatic heterocycles. The number of nitrogens with two attached hydrogens (primary N) is 1. The SMILES string of the molecule is CC(NC(=O)c1cc2ccc(Cl)cc2n1C)c1ccc(S(N)(=O)=O)nc1. The Morgan fingerprint density at radius 2 is 2.00 bits per heavy atom. The Labute approximate surface area is 155 Å². The van der Waals surface area contributed by atoms with Crippen molar-refractivity contribution in [3.8, 4) is 0 Å². The molecule has 0 bridgehead atoms. The van der Waals surface area contributed by atoms with E-state index in [2.05, 4.69) is 10.3 Å². The fourth-order valence-electron chi connectivity index (χ4n) is 2.69. The van der Waals surface area contributed by atoms with E-state index >= 15 is 0 Å². The fourth-order valence-corrected chi connectivity index (χ4v) is 3.31. The molecule has 0 saturated carbocycles. The van der Waals surface area contributed by atoms with Crippen LogP contribution in [0, 0.1) is 0 Å². The van der Waals surface area contributed by atoms with Gasteiger partial charge in [0.25, 0.3) is 15.9 Å². The lowest BCUT2D eigenvalue weighted by Crippen LogP contribution is -2.28. The molecule has 0 aliphatic carbocycles. The zero-order valence-corrected chi connectivity index (χ0v) is 15.7. The molecule has 2 heterocycles. The van der Waals surface area contributed by atoms with E-state index < -0.39 is 10.0 Å².